The van der Waals surface area contributed by atoms with E-state index in [2.05, 4.69) is 10.9 Å². The van der Waals surface area contributed by atoms with Gasteiger partial charge in [-0.2, -0.15) is 0 Å². The standard InChI is InChI=1S/C15H18Cl2N2O5/c1-2-11(24-12-8-9(16)6-7-10(12)17)15(23)19-18-13(20)4-3-5-14(21)22/h6-8,11H,2-5H2,1H3,(H,18,20)(H,19,23)(H,21,22). The van der Waals surface area contributed by atoms with E-state index in [9.17, 15) is 14.4 Å². The summed E-state index contributed by atoms with van der Waals surface area (Å²) in [6, 6.07) is 4.63. The molecule has 24 heavy (non-hydrogen) atoms. The predicted molar refractivity (Wildman–Crippen MR) is 88.9 cm³/mol. The van der Waals surface area contributed by atoms with Crippen molar-refractivity contribution in [2.75, 3.05) is 0 Å². The Balaban J connectivity index is 2.50. The fourth-order valence-corrected chi connectivity index (χ4v) is 2.04. The van der Waals surface area contributed by atoms with Crippen LogP contribution in [0.5, 0.6) is 5.75 Å². The number of nitrogens with one attached hydrogen (secondary N) is 2. The molecule has 0 bridgehead atoms. The summed E-state index contributed by atoms with van der Waals surface area (Å²) in [5.74, 6) is -1.76. The number of carbonyl (C=O) groups is 3. The number of benzene rings is 1. The Labute approximate surface area is 149 Å². The third-order valence-corrected chi connectivity index (χ3v) is 3.49. The molecule has 7 nitrogen and oxygen atoms in total. The van der Waals surface area contributed by atoms with Crippen LogP contribution >= 0.6 is 23.2 Å². The van der Waals surface area contributed by atoms with Crippen molar-refractivity contribution in [3.63, 3.8) is 0 Å². The molecule has 0 spiro atoms. The summed E-state index contributed by atoms with van der Waals surface area (Å²) in [6.45, 7) is 1.73. The molecule has 2 amide bonds. The molecule has 1 aromatic carbocycles. The van der Waals surface area contributed by atoms with Crippen LogP contribution in [0.1, 0.15) is 32.6 Å². The van der Waals surface area contributed by atoms with E-state index in [1.165, 1.54) is 6.07 Å². The van der Waals surface area contributed by atoms with Crippen LogP contribution in [0.2, 0.25) is 10.0 Å². The normalized spacial score (nSPS) is 11.5. The summed E-state index contributed by atoms with van der Waals surface area (Å²) in [4.78, 5) is 33.9. The van der Waals surface area contributed by atoms with Crippen LogP contribution in [-0.4, -0.2) is 29.0 Å². The van der Waals surface area contributed by atoms with Gasteiger partial charge < -0.3 is 9.84 Å². The highest BCUT2D eigenvalue weighted by Gasteiger charge is 2.20. The molecule has 0 saturated heterocycles. The summed E-state index contributed by atoms with van der Waals surface area (Å²) >= 11 is 11.8. The number of amides is 2. The molecule has 3 N–H and O–H groups in total. The largest absolute Gasteiger partial charge is 0.481 e. The van der Waals surface area contributed by atoms with Gasteiger partial charge in [-0.3, -0.25) is 25.2 Å². The average molecular weight is 377 g/mol. The van der Waals surface area contributed by atoms with Gasteiger partial charge in [-0.25, -0.2) is 0 Å². The van der Waals surface area contributed by atoms with E-state index in [1.54, 1.807) is 19.1 Å². The Hall–Kier alpha value is -1.99. The lowest BCUT2D eigenvalue weighted by Crippen LogP contribution is -2.47. The van der Waals surface area contributed by atoms with Crippen molar-refractivity contribution >= 4 is 41.0 Å². The Morgan fingerprint density at radius 3 is 2.54 bits per heavy atom. The maximum Gasteiger partial charge on any atom is 0.303 e. The molecule has 0 radical (unpaired) electrons. The number of carbonyl (C=O) groups excluding carboxylic acids is 2. The Morgan fingerprint density at radius 1 is 1.21 bits per heavy atom. The summed E-state index contributed by atoms with van der Waals surface area (Å²) in [7, 11) is 0. The second kappa shape index (κ2) is 10.00. The number of hydrazine groups is 1. The van der Waals surface area contributed by atoms with Crippen LogP contribution in [0.25, 0.3) is 0 Å². The minimum absolute atomic E-state index is 0.00957. The number of carboxylic acids is 1. The summed E-state index contributed by atoms with van der Waals surface area (Å²) in [5, 5.41) is 9.22. The van der Waals surface area contributed by atoms with Gasteiger partial charge in [0.15, 0.2) is 6.10 Å². The van der Waals surface area contributed by atoms with E-state index < -0.39 is 23.9 Å². The van der Waals surface area contributed by atoms with Crippen molar-refractivity contribution in [2.24, 2.45) is 0 Å². The van der Waals surface area contributed by atoms with Gasteiger partial charge in [0.1, 0.15) is 5.75 Å². The van der Waals surface area contributed by atoms with Gasteiger partial charge in [0.05, 0.1) is 5.02 Å². The van der Waals surface area contributed by atoms with Gasteiger partial charge in [0.2, 0.25) is 5.91 Å². The third-order valence-electron chi connectivity index (χ3n) is 2.95. The van der Waals surface area contributed by atoms with Crippen molar-refractivity contribution in [2.45, 2.75) is 38.7 Å². The molecular weight excluding hydrogens is 359 g/mol. The van der Waals surface area contributed by atoms with E-state index in [0.717, 1.165) is 0 Å². The van der Waals surface area contributed by atoms with E-state index in [-0.39, 0.29) is 25.0 Å². The Bertz CT molecular complexity index is 610. The summed E-state index contributed by atoms with van der Waals surface area (Å²) in [5.41, 5.74) is 4.45. The van der Waals surface area contributed by atoms with Crippen LogP contribution in [0, 0.1) is 0 Å². The SMILES string of the molecule is CCC(Oc1cc(Cl)ccc1Cl)C(=O)NNC(=O)CCCC(=O)O. The molecule has 0 aliphatic rings. The zero-order chi connectivity index (χ0) is 18.1. The quantitative estimate of drug-likeness (QED) is 0.604. The maximum absolute atomic E-state index is 12.0. The molecule has 1 aromatic rings. The van der Waals surface area contributed by atoms with Gasteiger partial charge in [-0.15, -0.1) is 0 Å². The van der Waals surface area contributed by atoms with Gasteiger partial charge >= 0.3 is 5.97 Å². The average Bonchev–Trinajstić information content (AvgIpc) is 2.53. The highest BCUT2D eigenvalue weighted by Crippen LogP contribution is 2.28. The molecule has 1 unspecified atom stereocenters. The number of hydrogen-bond acceptors (Lipinski definition) is 4. The van der Waals surface area contributed by atoms with E-state index in [1.807, 2.05) is 0 Å². The molecule has 0 fully saturated rings. The number of hydrogen-bond donors (Lipinski definition) is 3. The fourth-order valence-electron chi connectivity index (χ4n) is 1.72. The monoisotopic (exact) mass is 376 g/mol. The number of carboxylic acid groups (broad SMARTS) is 1. The van der Waals surface area contributed by atoms with Gasteiger partial charge in [-0.05, 0) is 25.0 Å². The lowest BCUT2D eigenvalue weighted by molar-refractivity contribution is -0.137. The van der Waals surface area contributed by atoms with Crippen molar-refractivity contribution < 1.29 is 24.2 Å². The second-order valence-electron chi connectivity index (χ2n) is 4.87. The molecule has 0 aromatic heterocycles. The maximum atomic E-state index is 12.0. The molecule has 0 aliphatic carbocycles. The first-order valence-corrected chi connectivity index (χ1v) is 8.01. The lowest BCUT2D eigenvalue weighted by atomic mass is 10.2. The van der Waals surface area contributed by atoms with E-state index >= 15 is 0 Å². The Morgan fingerprint density at radius 2 is 1.92 bits per heavy atom. The third kappa shape index (κ3) is 7.06. The highest BCUT2D eigenvalue weighted by atomic mass is 35.5. The highest BCUT2D eigenvalue weighted by molar-refractivity contribution is 6.34. The lowest BCUT2D eigenvalue weighted by Gasteiger charge is -2.18. The van der Waals surface area contributed by atoms with Gasteiger partial charge in [0.25, 0.3) is 5.91 Å². The molecule has 0 heterocycles. The Kier molecular flexibility index (Phi) is 8.35. The van der Waals surface area contributed by atoms with Gasteiger partial charge in [-0.1, -0.05) is 30.1 Å². The summed E-state index contributed by atoms with van der Waals surface area (Å²) < 4.78 is 5.52. The van der Waals surface area contributed by atoms with Crippen molar-refractivity contribution in [3.8, 4) is 5.75 Å². The minimum atomic E-state index is -0.982. The zero-order valence-corrected chi connectivity index (χ0v) is 14.5. The predicted octanol–water partition coefficient (Wildman–Crippen LogP) is 2.55. The molecule has 132 valence electrons. The van der Waals surface area contributed by atoms with Crippen molar-refractivity contribution in [3.05, 3.63) is 28.2 Å². The first-order valence-electron chi connectivity index (χ1n) is 7.25. The molecule has 1 rings (SSSR count). The first kappa shape index (κ1) is 20.1. The molecule has 0 aliphatic heterocycles. The summed E-state index contributed by atoms with van der Waals surface area (Å²) in [6.07, 6.45) is -0.480. The number of aliphatic carboxylic acids is 1. The zero-order valence-electron chi connectivity index (χ0n) is 13.0. The van der Waals surface area contributed by atoms with Crippen LogP contribution in [-0.2, 0) is 14.4 Å². The fraction of sp³-hybridized carbons (Fsp3) is 0.400. The number of halogens is 2. The van der Waals surface area contributed by atoms with Crippen LogP contribution in [0.4, 0.5) is 0 Å². The van der Waals surface area contributed by atoms with Crippen molar-refractivity contribution in [1.29, 1.82) is 0 Å². The smallest absolute Gasteiger partial charge is 0.303 e. The van der Waals surface area contributed by atoms with Crippen LogP contribution in [0.15, 0.2) is 18.2 Å². The van der Waals surface area contributed by atoms with Crippen LogP contribution in [0.3, 0.4) is 0 Å². The molecule has 0 saturated carbocycles. The van der Waals surface area contributed by atoms with Crippen molar-refractivity contribution in [1.82, 2.24) is 10.9 Å². The van der Waals surface area contributed by atoms with Crippen LogP contribution < -0.4 is 15.6 Å². The minimum Gasteiger partial charge on any atom is -0.481 e. The number of ether oxygens (including phenoxy) is 1. The van der Waals surface area contributed by atoms with E-state index in [4.69, 9.17) is 33.0 Å². The van der Waals surface area contributed by atoms with Gasteiger partial charge in [0, 0.05) is 23.9 Å². The molecule has 9 heteroatoms. The second-order valence-corrected chi connectivity index (χ2v) is 5.72. The first-order chi connectivity index (χ1) is 11.3. The molecular formula is C15H18Cl2N2O5. The molecule has 1 atom stereocenters. The number of rotatable bonds is 8. The topological polar surface area (TPSA) is 105 Å². The van der Waals surface area contributed by atoms with E-state index in [0.29, 0.717) is 16.5 Å².